The lowest BCUT2D eigenvalue weighted by Crippen LogP contribution is -2.22. The van der Waals surface area contributed by atoms with Crippen molar-refractivity contribution in [3.8, 4) is 0 Å². The standard InChI is InChI=1S/C16H18N2O3/c19-16(12-4-2-1-3-5-12)11-17-9-8-13-10-14(18(20)21)6-7-15(13)17/h6-10,12H,1-5,11H2. The molecule has 1 aromatic carbocycles. The van der Waals surface area contributed by atoms with Gasteiger partial charge in [0.05, 0.1) is 11.5 Å². The number of ketones is 1. The van der Waals surface area contributed by atoms with Gasteiger partial charge in [-0.25, -0.2) is 0 Å². The maximum Gasteiger partial charge on any atom is 0.270 e. The molecule has 0 amide bonds. The number of benzene rings is 1. The smallest absolute Gasteiger partial charge is 0.270 e. The third-order valence-corrected chi connectivity index (χ3v) is 4.35. The Morgan fingerprint density at radius 1 is 1.24 bits per heavy atom. The van der Waals surface area contributed by atoms with Gasteiger partial charge in [0.2, 0.25) is 0 Å². The lowest BCUT2D eigenvalue weighted by molar-refractivity contribution is -0.384. The molecule has 0 saturated heterocycles. The summed E-state index contributed by atoms with van der Waals surface area (Å²) < 4.78 is 1.90. The molecule has 1 aliphatic rings. The molecule has 21 heavy (non-hydrogen) atoms. The van der Waals surface area contributed by atoms with Gasteiger partial charge in [0.15, 0.2) is 5.78 Å². The van der Waals surface area contributed by atoms with Crippen molar-refractivity contribution < 1.29 is 9.72 Å². The van der Waals surface area contributed by atoms with Crippen molar-refractivity contribution in [2.45, 2.75) is 38.6 Å². The summed E-state index contributed by atoms with van der Waals surface area (Å²) in [5, 5.41) is 11.6. The Balaban J connectivity index is 1.80. The van der Waals surface area contributed by atoms with Crippen LogP contribution in [0.15, 0.2) is 30.5 Å². The van der Waals surface area contributed by atoms with Crippen LogP contribution in [0.2, 0.25) is 0 Å². The quantitative estimate of drug-likeness (QED) is 0.636. The van der Waals surface area contributed by atoms with Crippen molar-refractivity contribution in [2.75, 3.05) is 0 Å². The molecule has 0 radical (unpaired) electrons. The Hall–Kier alpha value is -2.17. The molecular weight excluding hydrogens is 268 g/mol. The van der Waals surface area contributed by atoms with Crippen LogP contribution in [0.4, 0.5) is 5.69 Å². The zero-order valence-electron chi connectivity index (χ0n) is 11.8. The highest BCUT2D eigenvalue weighted by molar-refractivity contribution is 5.86. The lowest BCUT2D eigenvalue weighted by Gasteiger charge is -2.20. The molecule has 5 heteroatoms. The van der Waals surface area contributed by atoms with E-state index in [1.165, 1.54) is 12.5 Å². The topological polar surface area (TPSA) is 65.1 Å². The summed E-state index contributed by atoms with van der Waals surface area (Å²) in [5.41, 5.74) is 0.962. The summed E-state index contributed by atoms with van der Waals surface area (Å²) in [5.74, 6) is 0.472. The second-order valence-corrected chi connectivity index (χ2v) is 5.75. The number of carbonyl (C=O) groups is 1. The Labute approximate surface area is 122 Å². The number of carbonyl (C=O) groups excluding carboxylic acids is 1. The van der Waals surface area contributed by atoms with Gasteiger partial charge in [0.25, 0.3) is 5.69 Å². The summed E-state index contributed by atoms with van der Waals surface area (Å²) >= 11 is 0. The van der Waals surface area contributed by atoms with Crippen molar-refractivity contribution >= 4 is 22.4 Å². The van der Waals surface area contributed by atoms with E-state index in [1.807, 2.05) is 16.8 Å². The third kappa shape index (κ3) is 2.82. The number of nitro benzene ring substituents is 1. The van der Waals surface area contributed by atoms with E-state index in [9.17, 15) is 14.9 Å². The number of Topliss-reactive ketones (excluding diaryl/α,β-unsaturated/α-hetero) is 1. The van der Waals surface area contributed by atoms with E-state index in [2.05, 4.69) is 0 Å². The minimum Gasteiger partial charge on any atom is -0.340 e. The van der Waals surface area contributed by atoms with E-state index < -0.39 is 4.92 Å². The number of nitrogens with zero attached hydrogens (tertiary/aromatic N) is 2. The number of hydrogen-bond acceptors (Lipinski definition) is 3. The summed E-state index contributed by atoms with van der Waals surface area (Å²) in [6.45, 7) is 0.367. The van der Waals surface area contributed by atoms with Crippen LogP contribution in [-0.2, 0) is 11.3 Å². The maximum atomic E-state index is 12.4. The van der Waals surface area contributed by atoms with E-state index in [4.69, 9.17) is 0 Å². The molecular formula is C16H18N2O3. The molecule has 0 atom stereocenters. The van der Waals surface area contributed by atoms with Gasteiger partial charge in [-0.05, 0) is 25.0 Å². The second-order valence-electron chi connectivity index (χ2n) is 5.75. The van der Waals surface area contributed by atoms with Crippen molar-refractivity contribution in [2.24, 2.45) is 5.92 Å². The number of nitro groups is 1. The van der Waals surface area contributed by atoms with Crippen LogP contribution in [0.1, 0.15) is 32.1 Å². The first-order valence-corrected chi connectivity index (χ1v) is 7.41. The second kappa shape index (κ2) is 5.68. The monoisotopic (exact) mass is 286 g/mol. The maximum absolute atomic E-state index is 12.4. The highest BCUT2D eigenvalue weighted by Crippen LogP contribution is 2.26. The number of hydrogen-bond donors (Lipinski definition) is 0. The van der Waals surface area contributed by atoms with Crippen molar-refractivity contribution in [1.29, 1.82) is 0 Å². The molecule has 0 aliphatic heterocycles. The predicted octanol–water partition coefficient (Wildman–Crippen LogP) is 3.70. The highest BCUT2D eigenvalue weighted by atomic mass is 16.6. The molecule has 0 spiro atoms. The van der Waals surface area contributed by atoms with Crippen molar-refractivity contribution in [3.63, 3.8) is 0 Å². The molecule has 1 fully saturated rings. The van der Waals surface area contributed by atoms with Gasteiger partial charge in [-0.2, -0.15) is 0 Å². The third-order valence-electron chi connectivity index (χ3n) is 4.35. The minimum atomic E-state index is -0.399. The van der Waals surface area contributed by atoms with Gasteiger partial charge in [-0.15, -0.1) is 0 Å². The highest BCUT2D eigenvalue weighted by Gasteiger charge is 2.21. The zero-order valence-corrected chi connectivity index (χ0v) is 11.8. The van der Waals surface area contributed by atoms with Crippen LogP contribution in [-0.4, -0.2) is 15.3 Å². The van der Waals surface area contributed by atoms with Crippen LogP contribution >= 0.6 is 0 Å². The number of aromatic nitrogens is 1. The fraction of sp³-hybridized carbons (Fsp3) is 0.438. The van der Waals surface area contributed by atoms with E-state index >= 15 is 0 Å². The molecule has 1 heterocycles. The van der Waals surface area contributed by atoms with Crippen LogP contribution in [0.5, 0.6) is 0 Å². The van der Waals surface area contributed by atoms with Crippen molar-refractivity contribution in [3.05, 3.63) is 40.6 Å². The van der Waals surface area contributed by atoms with Gasteiger partial charge in [-0.3, -0.25) is 14.9 Å². The fourth-order valence-electron chi connectivity index (χ4n) is 3.16. The normalized spacial score (nSPS) is 16.2. The predicted molar refractivity (Wildman–Crippen MR) is 80.2 cm³/mol. The molecule has 0 N–H and O–H groups in total. The van der Waals surface area contributed by atoms with Gasteiger partial charge in [0.1, 0.15) is 0 Å². The molecule has 1 saturated carbocycles. The summed E-state index contributed by atoms with van der Waals surface area (Å²) in [4.78, 5) is 22.7. The fourth-order valence-corrected chi connectivity index (χ4v) is 3.16. The molecule has 1 aromatic heterocycles. The molecule has 2 aromatic rings. The Morgan fingerprint density at radius 2 is 2.00 bits per heavy atom. The number of non-ortho nitro benzene ring substituents is 1. The van der Waals surface area contributed by atoms with Crippen molar-refractivity contribution in [1.82, 2.24) is 4.57 Å². The molecule has 110 valence electrons. The Morgan fingerprint density at radius 3 is 2.71 bits per heavy atom. The first-order valence-electron chi connectivity index (χ1n) is 7.41. The van der Waals surface area contributed by atoms with E-state index in [-0.39, 0.29) is 17.4 Å². The van der Waals surface area contributed by atoms with Gasteiger partial charge >= 0.3 is 0 Å². The molecule has 0 bridgehead atoms. The largest absolute Gasteiger partial charge is 0.340 e. The average molecular weight is 286 g/mol. The zero-order chi connectivity index (χ0) is 14.8. The van der Waals surface area contributed by atoms with Gasteiger partial charge in [-0.1, -0.05) is 19.3 Å². The minimum absolute atomic E-state index is 0.0823. The average Bonchev–Trinajstić information content (AvgIpc) is 2.90. The van der Waals surface area contributed by atoms with Crippen LogP contribution in [0.3, 0.4) is 0 Å². The van der Waals surface area contributed by atoms with Crippen LogP contribution in [0, 0.1) is 16.0 Å². The Bertz CT molecular complexity index is 684. The van der Waals surface area contributed by atoms with Gasteiger partial charge < -0.3 is 4.57 Å². The first kappa shape index (κ1) is 13.8. The van der Waals surface area contributed by atoms with Crippen LogP contribution < -0.4 is 0 Å². The number of fused-ring (bicyclic) bond motifs is 1. The van der Waals surface area contributed by atoms with Crippen LogP contribution in [0.25, 0.3) is 10.9 Å². The summed E-state index contributed by atoms with van der Waals surface area (Å²) in [6.07, 6.45) is 7.38. The van der Waals surface area contributed by atoms with E-state index in [0.717, 1.165) is 36.6 Å². The lowest BCUT2D eigenvalue weighted by atomic mass is 9.86. The van der Waals surface area contributed by atoms with E-state index in [1.54, 1.807) is 12.1 Å². The SMILES string of the molecule is O=C(Cn1ccc2cc([N+](=O)[O-])ccc21)C1CCCCC1. The summed E-state index contributed by atoms with van der Waals surface area (Å²) in [6, 6.07) is 6.60. The van der Waals surface area contributed by atoms with E-state index in [0.29, 0.717) is 6.54 Å². The number of rotatable bonds is 4. The van der Waals surface area contributed by atoms with Gasteiger partial charge in [0, 0.05) is 35.2 Å². The first-order chi connectivity index (χ1) is 10.1. The molecule has 5 nitrogen and oxygen atoms in total. The Kier molecular flexibility index (Phi) is 3.73. The molecule has 3 rings (SSSR count). The molecule has 1 aliphatic carbocycles. The summed E-state index contributed by atoms with van der Waals surface area (Å²) in [7, 11) is 0. The molecule has 0 unspecified atom stereocenters.